The lowest BCUT2D eigenvalue weighted by Crippen LogP contribution is -2.32. The Morgan fingerprint density at radius 2 is 1.30 bits per heavy atom. The van der Waals surface area contributed by atoms with Crippen LogP contribution in [0.5, 0.6) is 0 Å². The molecule has 0 aliphatic carbocycles. The molecular weight excluding hydrogens is 368 g/mol. The highest BCUT2D eigenvalue weighted by molar-refractivity contribution is 6.01. The minimum Gasteiger partial charge on any atom is -0.433 e. The Bertz CT molecular complexity index is 654. The van der Waals surface area contributed by atoms with Crippen molar-refractivity contribution in [1.82, 2.24) is 10.1 Å². The van der Waals surface area contributed by atoms with Crippen molar-refractivity contribution in [2.45, 2.75) is 38.5 Å². The molecule has 0 unspecified atom stereocenters. The second kappa shape index (κ2) is 9.31. The Balaban J connectivity index is 1.54. The molecule has 2 aliphatic rings. The number of nitrogens with zero attached hydrogens (tertiary/aromatic N) is 2. The number of ether oxygens (including phenoxy) is 2. The summed E-state index contributed by atoms with van der Waals surface area (Å²) in [7, 11) is 0. The zero-order valence-electron chi connectivity index (χ0n) is 14.1. The monoisotopic (exact) mass is 384 g/mol. The maximum atomic E-state index is 11.3. The summed E-state index contributed by atoms with van der Waals surface area (Å²) in [6.07, 6.45) is 0.577. The molecule has 0 aromatic heterocycles. The molecule has 2 heterocycles. The van der Waals surface area contributed by atoms with Crippen LogP contribution in [0.25, 0.3) is 0 Å². The standard InChI is InChI=1S/C15H16N2O10/c18-10-4-5-11(19)16(10)26-14(22)24-8-2-1-3-9-25-15(23)27-17-12(20)6-7-13(17)21/h2,8H,1,3-7,9H2/b8-2+. The van der Waals surface area contributed by atoms with Crippen LogP contribution in [0.1, 0.15) is 38.5 Å². The van der Waals surface area contributed by atoms with E-state index in [0.29, 0.717) is 23.0 Å². The minimum absolute atomic E-state index is 0.0145. The summed E-state index contributed by atoms with van der Waals surface area (Å²) in [6, 6.07) is 0. The normalized spacial score (nSPS) is 17.0. The van der Waals surface area contributed by atoms with E-state index in [4.69, 9.17) is 0 Å². The first kappa shape index (κ1) is 19.9. The van der Waals surface area contributed by atoms with Crippen molar-refractivity contribution < 1.29 is 47.9 Å². The van der Waals surface area contributed by atoms with Crippen LogP contribution in [0, 0.1) is 0 Å². The van der Waals surface area contributed by atoms with E-state index in [-0.39, 0.29) is 32.3 Å². The first-order valence-corrected chi connectivity index (χ1v) is 7.98. The summed E-state index contributed by atoms with van der Waals surface area (Å²) in [5, 5.41) is 0.725. The van der Waals surface area contributed by atoms with Crippen LogP contribution in [0.2, 0.25) is 0 Å². The number of amides is 4. The maximum absolute atomic E-state index is 11.3. The average molecular weight is 384 g/mol. The summed E-state index contributed by atoms with van der Waals surface area (Å²) in [5.41, 5.74) is 0. The predicted molar refractivity (Wildman–Crippen MR) is 80.5 cm³/mol. The molecule has 0 N–H and O–H groups in total. The molecule has 2 fully saturated rings. The summed E-state index contributed by atoms with van der Waals surface area (Å²) >= 11 is 0. The van der Waals surface area contributed by atoms with Gasteiger partial charge in [-0.3, -0.25) is 28.9 Å². The predicted octanol–water partition coefficient (Wildman–Crippen LogP) is 0.715. The largest absolute Gasteiger partial charge is 0.538 e. The molecule has 2 aliphatic heterocycles. The van der Waals surface area contributed by atoms with E-state index in [0.717, 1.165) is 6.26 Å². The van der Waals surface area contributed by atoms with E-state index >= 15 is 0 Å². The van der Waals surface area contributed by atoms with Gasteiger partial charge in [0.2, 0.25) is 0 Å². The molecule has 0 saturated carbocycles. The zero-order chi connectivity index (χ0) is 19.8. The molecule has 0 aromatic rings. The Morgan fingerprint density at radius 1 is 0.815 bits per heavy atom. The third-order valence-corrected chi connectivity index (χ3v) is 3.34. The molecule has 4 amide bonds. The topological polar surface area (TPSA) is 146 Å². The second-order valence-corrected chi connectivity index (χ2v) is 5.33. The minimum atomic E-state index is -1.24. The van der Waals surface area contributed by atoms with Gasteiger partial charge in [-0.25, -0.2) is 9.59 Å². The van der Waals surface area contributed by atoms with Gasteiger partial charge in [-0.1, -0.05) is 10.1 Å². The molecule has 0 radical (unpaired) electrons. The highest BCUT2D eigenvalue weighted by atomic mass is 16.8. The molecule has 0 spiro atoms. The van der Waals surface area contributed by atoms with Gasteiger partial charge in [-0.2, -0.15) is 0 Å². The fourth-order valence-corrected chi connectivity index (χ4v) is 2.04. The Kier molecular flexibility index (Phi) is 6.86. The third kappa shape index (κ3) is 5.80. The van der Waals surface area contributed by atoms with Crippen LogP contribution in [-0.2, 0) is 38.3 Å². The van der Waals surface area contributed by atoms with Crippen LogP contribution in [-0.4, -0.2) is 52.7 Å². The molecule has 27 heavy (non-hydrogen) atoms. The summed E-state index contributed by atoms with van der Waals surface area (Å²) < 4.78 is 9.22. The number of rotatable bonds is 7. The van der Waals surface area contributed by atoms with Gasteiger partial charge in [0.05, 0.1) is 12.9 Å². The molecule has 0 atom stereocenters. The van der Waals surface area contributed by atoms with Gasteiger partial charge in [0.1, 0.15) is 0 Å². The molecule has 2 rings (SSSR count). The van der Waals surface area contributed by atoms with Crippen LogP contribution >= 0.6 is 0 Å². The zero-order valence-corrected chi connectivity index (χ0v) is 14.1. The highest BCUT2D eigenvalue weighted by Gasteiger charge is 2.34. The Labute approximate surface area is 152 Å². The highest BCUT2D eigenvalue weighted by Crippen LogP contribution is 2.13. The van der Waals surface area contributed by atoms with E-state index in [2.05, 4.69) is 19.1 Å². The van der Waals surface area contributed by atoms with E-state index in [9.17, 15) is 28.8 Å². The number of hydroxylamine groups is 4. The summed E-state index contributed by atoms with van der Waals surface area (Å²) in [4.78, 5) is 76.5. The third-order valence-electron chi connectivity index (χ3n) is 3.34. The van der Waals surface area contributed by atoms with Crippen LogP contribution in [0.3, 0.4) is 0 Å². The summed E-state index contributed by atoms with van der Waals surface area (Å²) in [6.45, 7) is -0.0688. The smallest absolute Gasteiger partial charge is 0.433 e. The lowest BCUT2D eigenvalue weighted by atomic mass is 10.3. The first-order chi connectivity index (χ1) is 12.9. The van der Waals surface area contributed by atoms with Crippen molar-refractivity contribution in [3.8, 4) is 0 Å². The number of unbranched alkanes of at least 4 members (excludes halogenated alkanes) is 1. The molecule has 0 aromatic carbocycles. The summed E-state index contributed by atoms with van der Waals surface area (Å²) in [5.74, 6) is -2.47. The van der Waals surface area contributed by atoms with E-state index < -0.39 is 35.9 Å². The van der Waals surface area contributed by atoms with Gasteiger partial charge in [0.15, 0.2) is 0 Å². The van der Waals surface area contributed by atoms with Crippen molar-refractivity contribution in [3.05, 3.63) is 12.3 Å². The van der Waals surface area contributed by atoms with E-state index in [1.807, 2.05) is 0 Å². The lowest BCUT2D eigenvalue weighted by Gasteiger charge is -2.12. The van der Waals surface area contributed by atoms with Gasteiger partial charge in [0.25, 0.3) is 23.6 Å². The van der Waals surface area contributed by atoms with Gasteiger partial charge >= 0.3 is 12.3 Å². The number of imide groups is 2. The van der Waals surface area contributed by atoms with Crippen molar-refractivity contribution in [2.75, 3.05) is 6.61 Å². The van der Waals surface area contributed by atoms with Gasteiger partial charge in [-0.15, -0.1) is 0 Å². The number of hydrogen-bond acceptors (Lipinski definition) is 10. The number of allylic oxidation sites excluding steroid dienone is 1. The molecule has 2 saturated heterocycles. The molecule has 0 bridgehead atoms. The second-order valence-electron chi connectivity index (χ2n) is 5.33. The number of carbonyl (C=O) groups excluding carboxylic acids is 6. The molecular formula is C15H16N2O10. The van der Waals surface area contributed by atoms with Gasteiger partial charge < -0.3 is 9.47 Å². The Morgan fingerprint density at radius 3 is 1.81 bits per heavy atom. The fourth-order valence-electron chi connectivity index (χ4n) is 2.04. The first-order valence-electron chi connectivity index (χ1n) is 7.98. The van der Waals surface area contributed by atoms with Gasteiger partial charge in [0, 0.05) is 25.7 Å². The molecule has 12 heteroatoms. The van der Waals surface area contributed by atoms with Crippen molar-refractivity contribution in [2.24, 2.45) is 0 Å². The molecule has 12 nitrogen and oxygen atoms in total. The number of carbonyl (C=O) groups is 6. The Hall–Kier alpha value is -3.44. The average Bonchev–Trinajstić information content (AvgIpc) is 3.11. The molecule has 146 valence electrons. The van der Waals surface area contributed by atoms with Crippen LogP contribution in [0.15, 0.2) is 12.3 Å². The van der Waals surface area contributed by atoms with E-state index in [1.54, 1.807) is 0 Å². The van der Waals surface area contributed by atoms with Crippen molar-refractivity contribution >= 4 is 35.9 Å². The van der Waals surface area contributed by atoms with Crippen molar-refractivity contribution in [1.29, 1.82) is 0 Å². The van der Waals surface area contributed by atoms with E-state index in [1.165, 1.54) is 6.08 Å². The van der Waals surface area contributed by atoms with Crippen LogP contribution in [0.4, 0.5) is 9.59 Å². The van der Waals surface area contributed by atoms with Crippen LogP contribution < -0.4 is 0 Å². The maximum Gasteiger partial charge on any atom is 0.538 e. The lowest BCUT2D eigenvalue weighted by molar-refractivity contribution is -0.177. The fraction of sp³-hybridized carbons (Fsp3) is 0.467. The van der Waals surface area contributed by atoms with Gasteiger partial charge in [-0.05, 0) is 18.9 Å². The number of hydrogen-bond donors (Lipinski definition) is 0. The quantitative estimate of drug-likeness (QED) is 0.266. The van der Waals surface area contributed by atoms with Crippen molar-refractivity contribution in [3.63, 3.8) is 0 Å². The SMILES string of the molecule is O=C(O/C=C/CCCOC(=O)ON1C(=O)CCC1=O)ON1C(=O)CCC1=O.